The van der Waals surface area contributed by atoms with Gasteiger partial charge in [-0.25, -0.2) is 4.98 Å². The van der Waals surface area contributed by atoms with Crippen LogP contribution in [0, 0.1) is 0 Å². The van der Waals surface area contributed by atoms with E-state index in [0.29, 0.717) is 43.3 Å². The number of piperazine rings is 1. The van der Waals surface area contributed by atoms with Crippen LogP contribution in [0.25, 0.3) is 0 Å². The number of carbonyl (C=O) groups is 1. The fourth-order valence-corrected chi connectivity index (χ4v) is 4.71. The number of benzene rings is 1. The zero-order valence-corrected chi connectivity index (χ0v) is 17.1. The summed E-state index contributed by atoms with van der Waals surface area (Å²) in [6, 6.07) is 8.64. The summed E-state index contributed by atoms with van der Waals surface area (Å²) < 4.78 is 44.8. The van der Waals surface area contributed by atoms with Crippen molar-refractivity contribution in [1.29, 1.82) is 0 Å². The smallest absolute Gasteiger partial charge is 0.416 e. The van der Waals surface area contributed by atoms with Crippen molar-refractivity contribution in [1.82, 2.24) is 9.88 Å². The number of thioether (sulfide) groups is 1. The number of nitrogens with zero attached hydrogens (tertiary/aromatic N) is 3. The molecular weight excluding hydrogens is 415 g/mol. The van der Waals surface area contributed by atoms with Gasteiger partial charge >= 0.3 is 6.18 Å². The van der Waals surface area contributed by atoms with Crippen LogP contribution in [0.5, 0.6) is 5.88 Å². The van der Waals surface area contributed by atoms with E-state index in [1.165, 1.54) is 6.07 Å². The number of halogens is 3. The van der Waals surface area contributed by atoms with Crippen LogP contribution in [0.1, 0.15) is 22.3 Å². The number of hydrogen-bond donors (Lipinski definition) is 0. The molecule has 4 rings (SSSR count). The fraction of sp³-hybridized carbons (Fsp3) is 0.429. The van der Waals surface area contributed by atoms with Crippen molar-refractivity contribution in [2.75, 3.05) is 42.6 Å². The summed E-state index contributed by atoms with van der Waals surface area (Å²) in [7, 11) is 0. The maximum Gasteiger partial charge on any atom is 0.416 e. The second kappa shape index (κ2) is 8.75. The minimum Gasteiger partial charge on any atom is -0.473 e. The van der Waals surface area contributed by atoms with Crippen molar-refractivity contribution in [2.45, 2.75) is 18.7 Å². The van der Waals surface area contributed by atoms with E-state index in [1.54, 1.807) is 29.3 Å². The van der Waals surface area contributed by atoms with Crippen LogP contribution in [0.2, 0.25) is 0 Å². The summed E-state index contributed by atoms with van der Waals surface area (Å²) in [6.07, 6.45) is -1.69. The Labute approximate surface area is 177 Å². The number of aromatic nitrogens is 1. The zero-order valence-electron chi connectivity index (χ0n) is 16.3. The second-order valence-electron chi connectivity index (χ2n) is 7.31. The van der Waals surface area contributed by atoms with Crippen LogP contribution in [0.3, 0.4) is 0 Å². The number of pyridine rings is 1. The van der Waals surface area contributed by atoms with E-state index in [4.69, 9.17) is 4.74 Å². The summed E-state index contributed by atoms with van der Waals surface area (Å²) in [5.41, 5.74) is 0.368. The molecule has 1 aromatic heterocycles. The number of carbonyl (C=O) groups excluding carboxylic acids is 1. The third-order valence-electron chi connectivity index (χ3n) is 5.26. The Hall–Kier alpha value is -2.42. The number of rotatable bonds is 4. The van der Waals surface area contributed by atoms with Crippen LogP contribution >= 0.6 is 11.8 Å². The highest BCUT2D eigenvalue weighted by Crippen LogP contribution is 2.32. The normalized spacial score (nSPS) is 19.8. The molecule has 30 heavy (non-hydrogen) atoms. The first-order valence-electron chi connectivity index (χ1n) is 9.82. The van der Waals surface area contributed by atoms with Gasteiger partial charge in [0.1, 0.15) is 6.10 Å². The van der Waals surface area contributed by atoms with Crippen molar-refractivity contribution in [3.05, 3.63) is 53.7 Å². The Morgan fingerprint density at radius 2 is 1.93 bits per heavy atom. The van der Waals surface area contributed by atoms with Gasteiger partial charge in [0, 0.05) is 55.4 Å². The molecule has 0 N–H and O–H groups in total. The van der Waals surface area contributed by atoms with Crippen molar-refractivity contribution in [3.8, 4) is 5.88 Å². The third-order valence-corrected chi connectivity index (χ3v) is 6.39. The van der Waals surface area contributed by atoms with Crippen LogP contribution in [0.4, 0.5) is 18.9 Å². The van der Waals surface area contributed by atoms with Crippen molar-refractivity contribution >= 4 is 23.4 Å². The molecule has 1 amide bonds. The van der Waals surface area contributed by atoms with Crippen molar-refractivity contribution in [2.24, 2.45) is 0 Å². The number of anilines is 1. The predicted molar refractivity (Wildman–Crippen MR) is 110 cm³/mol. The van der Waals surface area contributed by atoms with Crippen LogP contribution in [0.15, 0.2) is 42.6 Å². The maximum atomic E-state index is 13.0. The molecule has 0 saturated carbocycles. The molecule has 2 fully saturated rings. The third kappa shape index (κ3) is 4.83. The summed E-state index contributed by atoms with van der Waals surface area (Å²) in [6.45, 7) is 1.82. The summed E-state index contributed by atoms with van der Waals surface area (Å²) in [4.78, 5) is 20.7. The van der Waals surface area contributed by atoms with Gasteiger partial charge in [0.15, 0.2) is 0 Å². The van der Waals surface area contributed by atoms with Crippen molar-refractivity contribution in [3.63, 3.8) is 0 Å². The molecule has 0 aliphatic carbocycles. The fourth-order valence-electron chi connectivity index (χ4n) is 3.61. The van der Waals surface area contributed by atoms with Crippen LogP contribution < -0.4 is 9.64 Å². The molecule has 0 radical (unpaired) electrons. The molecule has 3 heterocycles. The largest absolute Gasteiger partial charge is 0.473 e. The maximum absolute atomic E-state index is 13.0. The highest BCUT2D eigenvalue weighted by molar-refractivity contribution is 7.99. The first-order chi connectivity index (χ1) is 14.4. The average molecular weight is 437 g/mol. The number of alkyl halides is 3. The van der Waals surface area contributed by atoms with Crippen molar-refractivity contribution < 1.29 is 22.7 Å². The molecule has 0 spiro atoms. The first kappa shape index (κ1) is 20.8. The monoisotopic (exact) mass is 437 g/mol. The predicted octanol–water partition coefficient (Wildman–Crippen LogP) is 3.95. The Morgan fingerprint density at radius 1 is 1.13 bits per heavy atom. The highest BCUT2D eigenvalue weighted by Gasteiger charge is 2.31. The Balaban J connectivity index is 1.38. The molecule has 9 heteroatoms. The standard InChI is InChI=1S/C21H22F3N3O2S/c22-21(23,24)16-2-1-3-17(13-16)26-7-9-27(10-8-26)20(28)15-4-6-25-19(12-15)29-18-5-11-30-14-18/h1-4,6,12-13,18H,5,7-11,14H2. The molecule has 160 valence electrons. The van der Waals surface area contributed by atoms with Gasteiger partial charge in [-0.3, -0.25) is 4.79 Å². The molecular formula is C21H22F3N3O2S. The molecule has 0 bridgehead atoms. The van der Waals surface area contributed by atoms with E-state index < -0.39 is 11.7 Å². The van der Waals surface area contributed by atoms with E-state index in [2.05, 4.69) is 4.98 Å². The van der Waals surface area contributed by atoms with Gasteiger partial charge < -0.3 is 14.5 Å². The summed E-state index contributed by atoms with van der Waals surface area (Å²) in [5.74, 6) is 2.33. The molecule has 2 aliphatic heterocycles. The highest BCUT2D eigenvalue weighted by atomic mass is 32.2. The van der Waals surface area contributed by atoms with E-state index in [0.717, 1.165) is 30.1 Å². The number of hydrogen-bond acceptors (Lipinski definition) is 5. The van der Waals surface area contributed by atoms with Crippen LogP contribution in [-0.4, -0.2) is 59.6 Å². The average Bonchev–Trinajstić information content (AvgIpc) is 3.26. The van der Waals surface area contributed by atoms with Gasteiger partial charge in [-0.05, 0) is 36.4 Å². The summed E-state index contributed by atoms with van der Waals surface area (Å²) >= 11 is 1.84. The molecule has 1 atom stereocenters. The second-order valence-corrected chi connectivity index (χ2v) is 8.46. The molecule has 1 unspecified atom stereocenters. The minimum atomic E-state index is -4.37. The Morgan fingerprint density at radius 3 is 2.63 bits per heavy atom. The number of ether oxygens (including phenoxy) is 1. The minimum absolute atomic E-state index is 0.119. The lowest BCUT2D eigenvalue weighted by Gasteiger charge is -2.36. The number of amides is 1. The van der Waals surface area contributed by atoms with E-state index in [9.17, 15) is 18.0 Å². The lowest BCUT2D eigenvalue weighted by atomic mass is 10.1. The van der Waals surface area contributed by atoms with Gasteiger partial charge in [-0.15, -0.1) is 0 Å². The summed E-state index contributed by atoms with van der Waals surface area (Å²) in [5, 5.41) is 0. The first-order valence-corrected chi connectivity index (χ1v) is 11.0. The molecule has 1 aromatic carbocycles. The Bertz CT molecular complexity index is 895. The van der Waals surface area contributed by atoms with E-state index >= 15 is 0 Å². The van der Waals surface area contributed by atoms with Gasteiger partial charge in [-0.1, -0.05) is 6.07 Å². The lowest BCUT2D eigenvalue weighted by Crippen LogP contribution is -2.48. The molecule has 2 aliphatic rings. The lowest BCUT2D eigenvalue weighted by molar-refractivity contribution is -0.137. The molecule has 2 aromatic rings. The quantitative estimate of drug-likeness (QED) is 0.725. The van der Waals surface area contributed by atoms with Gasteiger partial charge in [0.25, 0.3) is 5.91 Å². The SMILES string of the molecule is O=C(c1ccnc(OC2CCSC2)c1)N1CCN(c2cccc(C(F)(F)F)c2)CC1. The van der Waals surface area contributed by atoms with Gasteiger partial charge in [0.05, 0.1) is 5.56 Å². The van der Waals surface area contributed by atoms with Gasteiger partial charge in [0.2, 0.25) is 5.88 Å². The van der Waals surface area contributed by atoms with Crippen LogP contribution in [-0.2, 0) is 6.18 Å². The van der Waals surface area contributed by atoms with E-state index in [-0.39, 0.29) is 12.0 Å². The molecule has 5 nitrogen and oxygen atoms in total. The Kier molecular flexibility index (Phi) is 6.08. The van der Waals surface area contributed by atoms with Gasteiger partial charge in [-0.2, -0.15) is 24.9 Å². The molecule has 2 saturated heterocycles. The van der Waals surface area contributed by atoms with E-state index in [1.807, 2.05) is 16.7 Å². The zero-order chi connectivity index (χ0) is 21.1. The topological polar surface area (TPSA) is 45.7 Å².